The van der Waals surface area contributed by atoms with E-state index in [9.17, 15) is 9.59 Å². The van der Waals surface area contributed by atoms with E-state index in [0.29, 0.717) is 22.3 Å². The van der Waals surface area contributed by atoms with Gasteiger partial charge in [0.25, 0.3) is 0 Å². The maximum absolute atomic E-state index is 14.4. The maximum atomic E-state index is 14.4. The van der Waals surface area contributed by atoms with Gasteiger partial charge in [-0.2, -0.15) is 0 Å². The highest BCUT2D eigenvalue weighted by molar-refractivity contribution is 6.29. The average Bonchev–Trinajstić information content (AvgIpc) is 3.59. The SMILES string of the molecule is COc1ccc(C(=C(c2ccccc2)c2ccc(-c3ccc4c(c3)C(=O)c3ccc(-c5ccc(C(=C(c6ccc(OC)cc6)c6ccc(OC)cc6)c6ccccc6)cc5)cc3C4=O)cc2)c2ccc(OC)cc2)cc1. The van der Waals surface area contributed by atoms with E-state index in [1.807, 2.05) is 84.9 Å². The van der Waals surface area contributed by atoms with Crippen molar-refractivity contribution in [1.82, 2.24) is 0 Å². The van der Waals surface area contributed by atoms with Crippen molar-refractivity contribution in [2.75, 3.05) is 28.4 Å². The van der Waals surface area contributed by atoms with Gasteiger partial charge in [0.2, 0.25) is 0 Å². The molecule has 0 atom stereocenters. The Morgan fingerprint density at radius 1 is 0.237 bits per heavy atom. The van der Waals surface area contributed by atoms with Crippen LogP contribution in [0.15, 0.2) is 243 Å². The molecule has 0 aromatic heterocycles. The molecule has 6 heteroatoms. The summed E-state index contributed by atoms with van der Waals surface area (Å²) < 4.78 is 22.1. The standard InChI is InChI=1S/C70H52O6/c1-73-57-33-23-51(24-34-57)67(52-25-35-58(74-2)36-26-52)65(47-11-7-5-8-12-47)49-19-15-45(16-20-49)55-31-41-61-63(43-55)69(71)62-42-32-56(44-64(62)70(61)72)46-17-21-50(22-18-46)66(48-13-9-6-10-14-48)68(53-27-37-59(75-3)38-28-53)54-29-39-60(76-4)40-30-54/h5-44H,1-4H3. The van der Waals surface area contributed by atoms with E-state index in [0.717, 1.165) is 112 Å². The second kappa shape index (κ2) is 21.4. The summed E-state index contributed by atoms with van der Waals surface area (Å²) in [4.78, 5) is 28.9. The third-order valence-electron chi connectivity index (χ3n) is 14.2. The fourth-order valence-electron chi connectivity index (χ4n) is 10.2. The summed E-state index contributed by atoms with van der Waals surface area (Å²) in [6, 6.07) is 81.3. The molecular weight excluding hydrogens is 937 g/mol. The second-order valence-corrected chi connectivity index (χ2v) is 18.5. The van der Waals surface area contributed by atoms with Crippen LogP contribution < -0.4 is 18.9 Å². The molecule has 0 heterocycles. The first-order chi connectivity index (χ1) is 37.3. The summed E-state index contributed by atoms with van der Waals surface area (Å²) >= 11 is 0. The van der Waals surface area contributed by atoms with Crippen LogP contribution in [0, 0.1) is 0 Å². The Labute approximate surface area is 443 Å². The van der Waals surface area contributed by atoms with Gasteiger partial charge in [0.15, 0.2) is 11.6 Å². The van der Waals surface area contributed by atoms with Crippen LogP contribution in [-0.2, 0) is 0 Å². The number of methoxy groups -OCH3 is 4. The van der Waals surface area contributed by atoms with Gasteiger partial charge in [-0.15, -0.1) is 0 Å². The molecular formula is C70H52O6. The van der Waals surface area contributed by atoms with Gasteiger partial charge in [0.1, 0.15) is 23.0 Å². The minimum Gasteiger partial charge on any atom is -0.497 e. The third-order valence-corrected chi connectivity index (χ3v) is 14.2. The van der Waals surface area contributed by atoms with Crippen LogP contribution in [0.5, 0.6) is 23.0 Å². The Morgan fingerprint density at radius 2 is 0.461 bits per heavy atom. The normalized spacial score (nSPS) is 11.5. The summed E-state index contributed by atoms with van der Waals surface area (Å²) in [5, 5.41) is 0. The fourth-order valence-corrected chi connectivity index (χ4v) is 10.2. The minimum atomic E-state index is -0.176. The van der Waals surface area contributed by atoms with Crippen LogP contribution >= 0.6 is 0 Å². The molecule has 0 radical (unpaired) electrons. The van der Waals surface area contributed by atoms with Gasteiger partial charge < -0.3 is 18.9 Å². The van der Waals surface area contributed by atoms with Crippen LogP contribution in [0.25, 0.3) is 44.5 Å². The van der Waals surface area contributed by atoms with Crippen molar-refractivity contribution >= 4 is 33.9 Å². The first-order valence-corrected chi connectivity index (χ1v) is 25.1. The number of carbonyl (C=O) groups is 2. The number of benzene rings is 10. The predicted octanol–water partition coefficient (Wildman–Crippen LogP) is 15.8. The topological polar surface area (TPSA) is 71.1 Å². The number of hydrogen-bond donors (Lipinski definition) is 0. The second-order valence-electron chi connectivity index (χ2n) is 18.5. The number of rotatable bonds is 14. The molecule has 11 rings (SSSR count). The van der Waals surface area contributed by atoms with Gasteiger partial charge in [0, 0.05) is 22.3 Å². The van der Waals surface area contributed by atoms with Crippen molar-refractivity contribution < 1.29 is 28.5 Å². The first-order valence-electron chi connectivity index (χ1n) is 25.1. The third kappa shape index (κ3) is 9.52. The van der Waals surface area contributed by atoms with Crippen molar-refractivity contribution in [3.63, 3.8) is 0 Å². The molecule has 0 bridgehead atoms. The molecule has 0 saturated heterocycles. The van der Waals surface area contributed by atoms with Crippen molar-refractivity contribution in [3.05, 3.63) is 309 Å². The smallest absolute Gasteiger partial charge is 0.194 e. The molecule has 368 valence electrons. The van der Waals surface area contributed by atoms with Gasteiger partial charge in [-0.1, -0.05) is 170 Å². The lowest BCUT2D eigenvalue weighted by Gasteiger charge is -2.20. The van der Waals surface area contributed by atoms with Gasteiger partial charge in [0.05, 0.1) is 28.4 Å². The Balaban J connectivity index is 0.919. The molecule has 0 N–H and O–H groups in total. The predicted molar refractivity (Wildman–Crippen MR) is 306 cm³/mol. The molecule has 0 saturated carbocycles. The molecule has 6 nitrogen and oxygen atoms in total. The molecule has 10 aromatic carbocycles. The highest BCUT2D eigenvalue weighted by Gasteiger charge is 2.31. The highest BCUT2D eigenvalue weighted by atomic mass is 16.5. The number of hydrogen-bond acceptors (Lipinski definition) is 6. The van der Waals surface area contributed by atoms with E-state index in [1.54, 1.807) is 40.6 Å². The monoisotopic (exact) mass is 988 g/mol. The minimum absolute atomic E-state index is 0.176. The lowest BCUT2D eigenvalue weighted by molar-refractivity contribution is 0.0979. The van der Waals surface area contributed by atoms with E-state index < -0.39 is 0 Å². The average molecular weight is 989 g/mol. The zero-order chi connectivity index (χ0) is 52.1. The zero-order valence-corrected chi connectivity index (χ0v) is 42.5. The largest absolute Gasteiger partial charge is 0.497 e. The lowest BCUT2D eigenvalue weighted by Crippen LogP contribution is -2.21. The Hall–Kier alpha value is -9.78. The molecule has 1 aliphatic carbocycles. The summed E-state index contributed by atoms with van der Waals surface area (Å²) in [6.45, 7) is 0. The number of ether oxygens (including phenoxy) is 4. The van der Waals surface area contributed by atoms with E-state index in [-0.39, 0.29) is 11.6 Å². The Bertz CT molecular complexity index is 3450. The lowest BCUT2D eigenvalue weighted by atomic mass is 9.81. The molecule has 1 aliphatic rings. The summed E-state index contributed by atoms with van der Waals surface area (Å²) in [6.07, 6.45) is 0. The van der Waals surface area contributed by atoms with Gasteiger partial charge >= 0.3 is 0 Å². The van der Waals surface area contributed by atoms with Crippen LogP contribution in [0.2, 0.25) is 0 Å². The first kappa shape index (κ1) is 48.5. The fraction of sp³-hybridized carbons (Fsp3) is 0.0571. The Kier molecular flexibility index (Phi) is 13.6. The van der Waals surface area contributed by atoms with Crippen molar-refractivity contribution in [2.24, 2.45) is 0 Å². The molecule has 76 heavy (non-hydrogen) atoms. The van der Waals surface area contributed by atoms with Gasteiger partial charge in [-0.25, -0.2) is 0 Å². The van der Waals surface area contributed by atoms with Crippen LogP contribution in [0.4, 0.5) is 0 Å². The Morgan fingerprint density at radius 3 is 0.711 bits per heavy atom. The molecule has 10 aromatic rings. The van der Waals surface area contributed by atoms with Crippen molar-refractivity contribution in [1.29, 1.82) is 0 Å². The number of carbonyl (C=O) groups excluding carboxylic acids is 2. The number of ketones is 2. The van der Waals surface area contributed by atoms with Crippen LogP contribution in [-0.4, -0.2) is 40.0 Å². The van der Waals surface area contributed by atoms with Crippen LogP contribution in [0.1, 0.15) is 76.4 Å². The van der Waals surface area contributed by atoms with Crippen molar-refractivity contribution in [3.8, 4) is 45.3 Å². The van der Waals surface area contributed by atoms with Gasteiger partial charge in [-0.05, 0) is 162 Å². The highest BCUT2D eigenvalue weighted by Crippen LogP contribution is 2.42. The quantitative estimate of drug-likeness (QED) is 0.101. The van der Waals surface area contributed by atoms with Gasteiger partial charge in [-0.3, -0.25) is 9.59 Å². The summed E-state index contributed by atoms with van der Waals surface area (Å²) in [5.41, 5.74) is 17.6. The summed E-state index contributed by atoms with van der Waals surface area (Å²) in [5.74, 6) is 2.75. The van der Waals surface area contributed by atoms with Crippen molar-refractivity contribution in [2.45, 2.75) is 0 Å². The van der Waals surface area contributed by atoms with E-state index in [2.05, 4.69) is 146 Å². The van der Waals surface area contributed by atoms with E-state index in [1.165, 1.54) is 0 Å². The zero-order valence-electron chi connectivity index (χ0n) is 42.5. The van der Waals surface area contributed by atoms with E-state index >= 15 is 0 Å². The maximum Gasteiger partial charge on any atom is 0.194 e. The molecule has 0 unspecified atom stereocenters. The molecule has 0 fully saturated rings. The summed E-state index contributed by atoms with van der Waals surface area (Å²) in [7, 11) is 6.68. The van der Waals surface area contributed by atoms with E-state index in [4.69, 9.17) is 18.9 Å². The molecule has 0 amide bonds. The molecule has 0 spiro atoms. The molecule has 0 aliphatic heterocycles. The van der Waals surface area contributed by atoms with Crippen LogP contribution in [0.3, 0.4) is 0 Å². The number of fused-ring (bicyclic) bond motifs is 2.